The molecule has 0 saturated carbocycles. The summed E-state index contributed by atoms with van der Waals surface area (Å²) in [7, 11) is 1.50. The Labute approximate surface area is 154 Å². The van der Waals surface area contributed by atoms with Crippen molar-refractivity contribution in [3.8, 4) is 11.1 Å². The van der Waals surface area contributed by atoms with Crippen molar-refractivity contribution in [2.45, 2.75) is 0 Å². The molecule has 7 nitrogen and oxygen atoms in total. The van der Waals surface area contributed by atoms with Crippen LogP contribution in [0.5, 0.6) is 0 Å². The number of hydrogen-bond acceptors (Lipinski definition) is 5. The van der Waals surface area contributed by atoms with Crippen molar-refractivity contribution in [1.29, 1.82) is 0 Å². The molecule has 0 bridgehead atoms. The molecule has 2 heterocycles. The molecule has 1 aliphatic heterocycles. The minimum atomic E-state index is -1.18. The lowest BCUT2D eigenvalue weighted by atomic mass is 10.0. The van der Waals surface area contributed by atoms with Crippen LogP contribution in [0.1, 0.15) is 0 Å². The maximum Gasteiger partial charge on any atom is 0.300 e. The van der Waals surface area contributed by atoms with Crippen LogP contribution in [0, 0.1) is 27.6 Å². The Bertz CT molecular complexity index is 1120. The first kappa shape index (κ1) is 17.2. The van der Waals surface area contributed by atoms with E-state index in [-0.39, 0.29) is 16.7 Å². The number of aromatic nitrogens is 2. The van der Waals surface area contributed by atoms with Gasteiger partial charge in [-0.3, -0.25) is 15.5 Å². The Morgan fingerprint density at radius 1 is 1.19 bits per heavy atom. The van der Waals surface area contributed by atoms with Gasteiger partial charge in [0.15, 0.2) is 22.5 Å². The van der Waals surface area contributed by atoms with E-state index in [2.05, 4.69) is 10.5 Å². The topological polar surface area (TPSA) is 76.2 Å². The summed E-state index contributed by atoms with van der Waals surface area (Å²) in [5, 5.41) is 16.5. The molecule has 3 aromatic rings. The molecule has 1 aromatic heterocycles. The second-order valence-electron chi connectivity index (χ2n) is 5.76. The minimum absolute atomic E-state index is 0.0389. The number of rotatable bonds is 2. The average molecular weight is 396 g/mol. The van der Waals surface area contributed by atoms with E-state index in [4.69, 9.17) is 11.6 Å². The highest BCUT2D eigenvalue weighted by molar-refractivity contribution is 6.33. The Kier molecular flexibility index (Phi) is 3.74. The van der Waals surface area contributed by atoms with Gasteiger partial charge >= 0.3 is 5.69 Å². The number of nitro benzene ring substituents is 1. The van der Waals surface area contributed by atoms with Crippen molar-refractivity contribution in [3.63, 3.8) is 0 Å². The number of aryl methyl sites for hydroxylation is 1. The van der Waals surface area contributed by atoms with E-state index in [0.717, 1.165) is 11.1 Å². The normalized spacial score (nSPS) is 12.4. The number of halogens is 4. The Hall–Kier alpha value is -3.27. The molecular weight excluding hydrogens is 387 g/mol. The fourth-order valence-corrected chi connectivity index (χ4v) is 3.35. The van der Waals surface area contributed by atoms with Crippen molar-refractivity contribution in [1.82, 2.24) is 9.78 Å². The number of nitrogens with one attached hydrogen (secondary N) is 1. The summed E-state index contributed by atoms with van der Waals surface area (Å²) in [4.78, 5) is 10.5. The van der Waals surface area contributed by atoms with Gasteiger partial charge in [0.05, 0.1) is 22.2 Å². The van der Waals surface area contributed by atoms with E-state index in [0.29, 0.717) is 23.3 Å². The lowest BCUT2D eigenvalue weighted by Gasteiger charge is -2.32. The molecule has 138 valence electrons. The van der Waals surface area contributed by atoms with Crippen LogP contribution in [0.3, 0.4) is 0 Å². The minimum Gasteiger partial charge on any atom is -0.291 e. The van der Waals surface area contributed by atoms with Crippen molar-refractivity contribution in [3.05, 3.63) is 63.1 Å². The molecule has 11 heteroatoms. The Balaban J connectivity index is 2.04. The van der Waals surface area contributed by atoms with Crippen LogP contribution in [0.4, 0.5) is 36.1 Å². The third-order valence-corrected chi connectivity index (χ3v) is 4.36. The van der Waals surface area contributed by atoms with Gasteiger partial charge in [-0.25, -0.2) is 22.9 Å². The summed E-state index contributed by atoms with van der Waals surface area (Å²) in [6.07, 6.45) is 0. The lowest BCUT2D eigenvalue weighted by Crippen LogP contribution is -2.31. The maximum absolute atomic E-state index is 14.6. The number of fused-ring (bicyclic) bond motifs is 3. The predicted octanol–water partition coefficient (Wildman–Crippen LogP) is 4.54. The molecule has 0 fully saturated rings. The predicted molar refractivity (Wildman–Crippen MR) is 92.4 cm³/mol. The van der Waals surface area contributed by atoms with E-state index in [1.54, 1.807) is 0 Å². The largest absolute Gasteiger partial charge is 0.300 e. The standard InChI is InChI=1S/C16H9ClF3N5O2/c1-23-16-13(15(17)22-23)9-3-2-7(18)5-11(9)21-24(16)14-10(20)4-8(19)6-12(14)25(26)27/h2-6,21H,1H3. The zero-order valence-electron chi connectivity index (χ0n) is 13.5. The van der Waals surface area contributed by atoms with Gasteiger partial charge in [0.25, 0.3) is 0 Å². The fraction of sp³-hybridized carbons (Fsp3) is 0.0625. The molecule has 0 atom stereocenters. The average Bonchev–Trinajstić information content (AvgIpc) is 2.88. The van der Waals surface area contributed by atoms with E-state index in [1.807, 2.05) is 0 Å². The highest BCUT2D eigenvalue weighted by Gasteiger charge is 2.35. The molecule has 0 amide bonds. The Morgan fingerprint density at radius 3 is 2.63 bits per heavy atom. The van der Waals surface area contributed by atoms with Gasteiger partial charge in [-0.15, -0.1) is 0 Å². The van der Waals surface area contributed by atoms with Gasteiger partial charge in [0.2, 0.25) is 0 Å². The number of hydrazine groups is 1. The van der Waals surface area contributed by atoms with Crippen LogP contribution in [-0.4, -0.2) is 14.7 Å². The number of nitrogens with zero attached hydrogens (tertiary/aromatic N) is 4. The number of hydrogen-bond donors (Lipinski definition) is 1. The molecule has 1 N–H and O–H groups in total. The first-order valence-corrected chi connectivity index (χ1v) is 7.88. The van der Waals surface area contributed by atoms with E-state index >= 15 is 0 Å². The zero-order valence-corrected chi connectivity index (χ0v) is 14.3. The third-order valence-electron chi connectivity index (χ3n) is 4.10. The summed E-state index contributed by atoms with van der Waals surface area (Å²) < 4.78 is 43.1. The number of benzene rings is 2. The molecular formula is C16H9ClF3N5O2. The summed E-state index contributed by atoms with van der Waals surface area (Å²) in [5.74, 6) is -2.70. The first-order valence-electron chi connectivity index (χ1n) is 7.50. The SMILES string of the molecule is Cn1nc(Cl)c2c1N(c1c(F)cc(F)cc1[N+](=O)[O-])Nc1cc(F)ccc1-2. The third kappa shape index (κ3) is 2.56. The van der Waals surface area contributed by atoms with Crippen LogP contribution in [0.15, 0.2) is 30.3 Å². The molecule has 0 radical (unpaired) electrons. The van der Waals surface area contributed by atoms with E-state index in [1.165, 1.54) is 23.9 Å². The summed E-state index contributed by atoms with van der Waals surface area (Å²) >= 11 is 6.18. The van der Waals surface area contributed by atoms with Gasteiger partial charge in [-0.1, -0.05) is 11.6 Å². The molecule has 27 heavy (non-hydrogen) atoms. The quantitative estimate of drug-likeness (QED) is 0.509. The van der Waals surface area contributed by atoms with Crippen molar-refractivity contribution < 1.29 is 18.1 Å². The molecule has 1 aliphatic rings. The van der Waals surface area contributed by atoms with Gasteiger partial charge < -0.3 is 0 Å². The maximum atomic E-state index is 14.6. The number of anilines is 3. The van der Waals surface area contributed by atoms with Crippen LogP contribution >= 0.6 is 11.6 Å². The fourth-order valence-electron chi connectivity index (χ4n) is 3.05. The molecule has 0 spiro atoms. The van der Waals surface area contributed by atoms with Crippen LogP contribution in [0.25, 0.3) is 11.1 Å². The van der Waals surface area contributed by atoms with Crippen molar-refractivity contribution in [2.75, 3.05) is 10.4 Å². The highest BCUT2D eigenvalue weighted by atomic mass is 35.5. The number of nitro groups is 1. The molecule has 2 aromatic carbocycles. The van der Waals surface area contributed by atoms with Gasteiger partial charge in [0.1, 0.15) is 11.6 Å². The molecule has 0 unspecified atom stereocenters. The smallest absolute Gasteiger partial charge is 0.291 e. The van der Waals surface area contributed by atoms with Crippen molar-refractivity contribution >= 4 is 34.5 Å². The van der Waals surface area contributed by atoms with Crippen LogP contribution in [0.2, 0.25) is 5.15 Å². The summed E-state index contributed by atoms with van der Waals surface area (Å²) in [6.45, 7) is 0. The van der Waals surface area contributed by atoms with E-state index in [9.17, 15) is 23.3 Å². The monoisotopic (exact) mass is 395 g/mol. The Morgan fingerprint density at radius 2 is 1.93 bits per heavy atom. The molecule has 0 saturated heterocycles. The van der Waals surface area contributed by atoms with Gasteiger partial charge in [-0.05, 0) is 18.2 Å². The summed E-state index contributed by atoms with van der Waals surface area (Å²) in [5.41, 5.74) is 2.35. The summed E-state index contributed by atoms with van der Waals surface area (Å²) in [6, 6.07) is 4.91. The first-order chi connectivity index (χ1) is 12.8. The molecule has 0 aliphatic carbocycles. The molecule has 4 rings (SSSR count). The van der Waals surface area contributed by atoms with Crippen LogP contribution in [-0.2, 0) is 7.05 Å². The highest BCUT2D eigenvalue weighted by Crippen LogP contribution is 2.48. The van der Waals surface area contributed by atoms with E-state index < -0.39 is 33.7 Å². The van der Waals surface area contributed by atoms with Crippen LogP contribution < -0.4 is 10.4 Å². The van der Waals surface area contributed by atoms with Gasteiger partial charge in [-0.2, -0.15) is 5.10 Å². The van der Waals surface area contributed by atoms with Crippen molar-refractivity contribution in [2.24, 2.45) is 7.05 Å². The zero-order chi connectivity index (χ0) is 19.5. The second-order valence-corrected chi connectivity index (χ2v) is 6.12. The second kappa shape index (κ2) is 5.88. The lowest BCUT2D eigenvalue weighted by molar-refractivity contribution is -0.384. The van der Waals surface area contributed by atoms with Gasteiger partial charge in [0, 0.05) is 18.7 Å².